The molecule has 4 heteroatoms. The van der Waals surface area contributed by atoms with E-state index in [0.29, 0.717) is 5.41 Å². The average molecular weight is 308 g/mol. The Morgan fingerprint density at radius 1 is 1.19 bits per heavy atom. The Bertz CT molecular complexity index is 477. The second-order valence-corrected chi connectivity index (χ2v) is 8.85. The van der Waals surface area contributed by atoms with Gasteiger partial charge in [0.25, 0.3) is 0 Å². The van der Waals surface area contributed by atoms with Gasteiger partial charge in [0.05, 0.1) is 5.69 Å². The fourth-order valence-corrected chi connectivity index (χ4v) is 4.24. The first-order chi connectivity index (χ1) is 9.93. The molecule has 0 spiro atoms. The highest BCUT2D eigenvalue weighted by Gasteiger charge is 2.30. The smallest absolute Gasteiger partial charge is 0.185 e. The van der Waals surface area contributed by atoms with Crippen LogP contribution in [0.25, 0.3) is 0 Å². The summed E-state index contributed by atoms with van der Waals surface area (Å²) in [5, 5.41) is 4.85. The van der Waals surface area contributed by atoms with Gasteiger partial charge in [-0.25, -0.2) is 4.98 Å². The largest absolute Gasteiger partial charge is 0.348 e. The van der Waals surface area contributed by atoms with E-state index in [1.54, 1.807) is 0 Å². The molecule has 1 aromatic heterocycles. The Balaban J connectivity index is 1.58. The molecule has 1 N–H and O–H groups in total. The number of hydrogen-bond acceptors (Lipinski definition) is 4. The summed E-state index contributed by atoms with van der Waals surface area (Å²) in [4.78, 5) is 8.75. The minimum absolute atomic E-state index is 0.449. The van der Waals surface area contributed by atoms with E-state index in [1.165, 1.54) is 54.5 Å². The highest BCUT2D eigenvalue weighted by molar-refractivity contribution is 7.15. The Labute approximate surface area is 133 Å². The summed E-state index contributed by atoms with van der Waals surface area (Å²) < 4.78 is 0. The Morgan fingerprint density at radius 2 is 1.86 bits per heavy atom. The van der Waals surface area contributed by atoms with Crippen molar-refractivity contribution in [2.45, 2.75) is 66.0 Å². The van der Waals surface area contributed by atoms with E-state index in [-0.39, 0.29) is 0 Å². The summed E-state index contributed by atoms with van der Waals surface area (Å²) in [7, 11) is 0. The maximum absolute atomic E-state index is 4.82. The van der Waals surface area contributed by atoms with Crippen LogP contribution >= 0.6 is 11.3 Å². The number of hydrogen-bond donors (Lipinski definition) is 1. The quantitative estimate of drug-likeness (QED) is 0.912. The third-order valence-electron chi connectivity index (χ3n) is 5.00. The van der Waals surface area contributed by atoms with Crippen LogP contribution < -0.4 is 10.2 Å². The van der Waals surface area contributed by atoms with Crippen molar-refractivity contribution in [2.75, 3.05) is 18.0 Å². The van der Waals surface area contributed by atoms with E-state index in [0.717, 1.165) is 18.5 Å². The fraction of sp³-hybridized carbons (Fsp3) is 0.824. The summed E-state index contributed by atoms with van der Waals surface area (Å²) in [6.07, 6.45) is 5.31. The van der Waals surface area contributed by atoms with Crippen LogP contribution in [-0.4, -0.2) is 24.1 Å². The molecule has 1 saturated heterocycles. The van der Waals surface area contributed by atoms with Crippen molar-refractivity contribution in [1.82, 2.24) is 10.3 Å². The van der Waals surface area contributed by atoms with E-state index in [2.05, 4.69) is 37.9 Å². The normalized spacial score (nSPS) is 21.0. The monoisotopic (exact) mass is 307 g/mol. The molecule has 1 saturated carbocycles. The molecule has 3 rings (SSSR count). The lowest BCUT2D eigenvalue weighted by Crippen LogP contribution is -2.37. The lowest BCUT2D eigenvalue weighted by Gasteiger charge is -2.38. The highest BCUT2D eigenvalue weighted by atomic mass is 32.1. The zero-order valence-corrected chi connectivity index (χ0v) is 14.7. The van der Waals surface area contributed by atoms with E-state index >= 15 is 0 Å². The van der Waals surface area contributed by atoms with Gasteiger partial charge >= 0.3 is 0 Å². The van der Waals surface area contributed by atoms with E-state index in [1.807, 2.05) is 11.3 Å². The minimum atomic E-state index is 0.449. The first-order valence-corrected chi connectivity index (χ1v) is 9.20. The van der Waals surface area contributed by atoms with E-state index in [9.17, 15) is 0 Å². The molecule has 1 aliphatic carbocycles. The first-order valence-electron chi connectivity index (χ1n) is 8.38. The predicted molar refractivity (Wildman–Crippen MR) is 91.1 cm³/mol. The minimum Gasteiger partial charge on any atom is -0.348 e. The molecule has 0 atom stereocenters. The molecule has 1 aliphatic heterocycles. The summed E-state index contributed by atoms with van der Waals surface area (Å²) in [6, 6.07) is 0.775. The SMILES string of the molecule is Cc1nc(N2CCC(C(C)(C)C)CC2)sc1CNC1CC1. The van der Waals surface area contributed by atoms with Crippen LogP contribution in [0.15, 0.2) is 0 Å². The van der Waals surface area contributed by atoms with Crippen LogP contribution in [0.4, 0.5) is 5.13 Å². The molecule has 118 valence electrons. The number of anilines is 1. The third-order valence-corrected chi connectivity index (χ3v) is 6.22. The number of piperidine rings is 1. The standard InChI is InChI=1S/C17H29N3S/c1-12-15(11-18-14-5-6-14)21-16(19-12)20-9-7-13(8-10-20)17(2,3)4/h13-14,18H,5-11H2,1-4H3. The number of aryl methyl sites for hydroxylation is 1. The van der Waals surface area contributed by atoms with Crippen molar-refractivity contribution in [2.24, 2.45) is 11.3 Å². The predicted octanol–water partition coefficient (Wildman–Crippen LogP) is 3.97. The lowest BCUT2D eigenvalue weighted by molar-refractivity contribution is 0.199. The molecule has 21 heavy (non-hydrogen) atoms. The van der Waals surface area contributed by atoms with Crippen LogP contribution in [0.3, 0.4) is 0 Å². The van der Waals surface area contributed by atoms with Gasteiger partial charge in [-0.3, -0.25) is 0 Å². The van der Waals surface area contributed by atoms with Crippen molar-refractivity contribution >= 4 is 16.5 Å². The van der Waals surface area contributed by atoms with Gasteiger partial charge in [0.1, 0.15) is 0 Å². The van der Waals surface area contributed by atoms with Gasteiger partial charge in [-0.1, -0.05) is 20.8 Å². The molecule has 2 heterocycles. The molecule has 0 aromatic carbocycles. The molecule has 0 unspecified atom stereocenters. The van der Waals surface area contributed by atoms with Gasteiger partial charge in [-0.15, -0.1) is 11.3 Å². The molecule has 1 aromatic rings. The molecule has 2 fully saturated rings. The van der Waals surface area contributed by atoms with Crippen LogP contribution in [0.5, 0.6) is 0 Å². The fourth-order valence-electron chi connectivity index (χ4n) is 3.17. The number of rotatable bonds is 4. The number of nitrogens with one attached hydrogen (secondary N) is 1. The summed E-state index contributed by atoms with van der Waals surface area (Å²) >= 11 is 1.90. The molecular formula is C17H29N3S. The first kappa shape index (κ1) is 15.3. The molecule has 3 nitrogen and oxygen atoms in total. The second-order valence-electron chi connectivity index (χ2n) is 7.79. The van der Waals surface area contributed by atoms with Crippen LogP contribution in [0.1, 0.15) is 57.0 Å². The molecule has 2 aliphatic rings. The van der Waals surface area contributed by atoms with Gasteiger partial charge in [0.2, 0.25) is 0 Å². The van der Waals surface area contributed by atoms with Gasteiger partial charge in [0.15, 0.2) is 5.13 Å². The average Bonchev–Trinajstić information content (AvgIpc) is 3.19. The number of thiazole rings is 1. The zero-order valence-electron chi connectivity index (χ0n) is 13.9. The van der Waals surface area contributed by atoms with Gasteiger partial charge in [-0.2, -0.15) is 0 Å². The van der Waals surface area contributed by atoms with Crippen LogP contribution in [0.2, 0.25) is 0 Å². The molecule has 0 bridgehead atoms. The molecule has 0 radical (unpaired) electrons. The highest BCUT2D eigenvalue weighted by Crippen LogP contribution is 2.37. The molecule has 0 amide bonds. The van der Waals surface area contributed by atoms with Crippen molar-refractivity contribution in [3.63, 3.8) is 0 Å². The topological polar surface area (TPSA) is 28.2 Å². The lowest BCUT2D eigenvalue weighted by atomic mass is 9.75. The van der Waals surface area contributed by atoms with Gasteiger partial charge < -0.3 is 10.2 Å². The third kappa shape index (κ3) is 3.78. The van der Waals surface area contributed by atoms with E-state index < -0.39 is 0 Å². The summed E-state index contributed by atoms with van der Waals surface area (Å²) in [6.45, 7) is 12.6. The summed E-state index contributed by atoms with van der Waals surface area (Å²) in [5.41, 5.74) is 1.67. The van der Waals surface area contributed by atoms with Crippen LogP contribution in [-0.2, 0) is 6.54 Å². The van der Waals surface area contributed by atoms with Crippen LogP contribution in [0, 0.1) is 18.3 Å². The van der Waals surface area contributed by atoms with Crippen molar-refractivity contribution in [1.29, 1.82) is 0 Å². The maximum atomic E-state index is 4.82. The Hall–Kier alpha value is -0.610. The number of aromatic nitrogens is 1. The summed E-state index contributed by atoms with van der Waals surface area (Å²) in [5.74, 6) is 0.853. The van der Waals surface area contributed by atoms with E-state index in [4.69, 9.17) is 4.98 Å². The maximum Gasteiger partial charge on any atom is 0.185 e. The Morgan fingerprint density at radius 3 is 2.43 bits per heavy atom. The van der Waals surface area contributed by atoms with Gasteiger partial charge in [0, 0.05) is 30.6 Å². The zero-order chi connectivity index (χ0) is 15.0. The second kappa shape index (κ2) is 5.88. The molecular weight excluding hydrogens is 278 g/mol. The Kier molecular flexibility index (Phi) is 4.28. The van der Waals surface area contributed by atoms with Crippen molar-refractivity contribution in [3.8, 4) is 0 Å². The van der Waals surface area contributed by atoms with Gasteiger partial charge in [-0.05, 0) is 43.9 Å². The number of nitrogens with zero attached hydrogens (tertiary/aromatic N) is 2. The van der Waals surface area contributed by atoms with Crippen molar-refractivity contribution in [3.05, 3.63) is 10.6 Å². The van der Waals surface area contributed by atoms with Crippen molar-refractivity contribution < 1.29 is 0 Å².